The molecule has 1 heterocycles. The smallest absolute Gasteiger partial charge is 0.416 e. The van der Waals surface area contributed by atoms with Gasteiger partial charge >= 0.3 is 11.9 Å². The number of rotatable bonds is 7. The Morgan fingerprint density at radius 2 is 1.90 bits per heavy atom. The average molecular weight is 572 g/mol. The zero-order valence-corrected chi connectivity index (χ0v) is 23.3. The topological polar surface area (TPSA) is 97.8 Å². The van der Waals surface area contributed by atoms with Crippen molar-refractivity contribution < 1.29 is 27.6 Å². The summed E-state index contributed by atoms with van der Waals surface area (Å²) in [5.41, 5.74) is 0.519. The van der Waals surface area contributed by atoms with Crippen molar-refractivity contribution in [3.05, 3.63) is 73.6 Å². The fourth-order valence-corrected chi connectivity index (χ4v) is 5.87. The lowest BCUT2D eigenvalue weighted by Gasteiger charge is -2.33. The molecule has 0 amide bonds. The van der Waals surface area contributed by atoms with E-state index in [1.807, 2.05) is 0 Å². The molecule has 0 unspecified atom stereocenters. The first-order chi connectivity index (χ1) is 18.8. The summed E-state index contributed by atoms with van der Waals surface area (Å²) in [6, 6.07) is 9.16. The summed E-state index contributed by atoms with van der Waals surface area (Å²) in [5.74, 6) is 0.514. The molecule has 40 heavy (non-hydrogen) atoms. The van der Waals surface area contributed by atoms with Crippen LogP contribution in [0.4, 0.5) is 23.9 Å². The van der Waals surface area contributed by atoms with Gasteiger partial charge in [0.05, 0.1) is 22.7 Å². The van der Waals surface area contributed by atoms with Crippen molar-refractivity contribution in [2.75, 3.05) is 6.61 Å². The second kappa shape index (κ2) is 11.3. The Kier molecular flexibility index (Phi) is 8.21. The van der Waals surface area contributed by atoms with Gasteiger partial charge < -0.3 is 9.47 Å². The van der Waals surface area contributed by atoms with Crippen LogP contribution in [-0.2, 0) is 19.0 Å². The molecule has 0 saturated heterocycles. The highest BCUT2D eigenvalue weighted by Crippen LogP contribution is 2.45. The van der Waals surface area contributed by atoms with Crippen molar-refractivity contribution in [1.29, 1.82) is 5.26 Å². The molecule has 3 aromatic rings. The number of fused-ring (bicyclic) bond motifs is 1. The highest BCUT2D eigenvalue weighted by Gasteiger charge is 2.34. The van der Waals surface area contributed by atoms with Crippen LogP contribution < -0.4 is 9.47 Å². The minimum atomic E-state index is -4.73. The number of nitrogens with zero attached hydrogens (tertiary/aromatic N) is 3. The highest BCUT2D eigenvalue weighted by atomic mass is 32.1. The molecular formula is C29H28F3N3O4S. The van der Waals surface area contributed by atoms with Gasteiger partial charge in [0, 0.05) is 17.2 Å². The lowest BCUT2D eigenvalue weighted by molar-refractivity contribution is -0.385. The predicted octanol–water partition coefficient (Wildman–Crippen LogP) is 8.64. The molecule has 0 saturated carbocycles. The molecule has 11 heteroatoms. The van der Waals surface area contributed by atoms with E-state index >= 15 is 0 Å². The zero-order valence-electron chi connectivity index (χ0n) is 22.5. The number of nitriles is 1. The van der Waals surface area contributed by atoms with Gasteiger partial charge in [-0.25, -0.2) is 4.99 Å². The van der Waals surface area contributed by atoms with Gasteiger partial charge in [-0.3, -0.25) is 10.1 Å². The van der Waals surface area contributed by atoms with E-state index in [9.17, 15) is 28.5 Å². The zero-order chi connectivity index (χ0) is 29.2. The number of benzene rings is 2. The van der Waals surface area contributed by atoms with Crippen molar-refractivity contribution in [3.8, 4) is 23.3 Å². The summed E-state index contributed by atoms with van der Waals surface area (Å²) in [7, 11) is 0. The summed E-state index contributed by atoms with van der Waals surface area (Å²) in [6.07, 6.45) is -0.330. The average Bonchev–Trinajstić information content (AvgIpc) is 3.24. The summed E-state index contributed by atoms with van der Waals surface area (Å²) < 4.78 is 50.5. The maximum absolute atomic E-state index is 13.1. The summed E-state index contributed by atoms with van der Waals surface area (Å²) >= 11 is 1.53. The van der Waals surface area contributed by atoms with Crippen molar-refractivity contribution >= 4 is 28.2 Å². The normalized spacial score (nSPS) is 15.5. The fourth-order valence-electron chi connectivity index (χ4n) is 4.65. The molecule has 0 spiro atoms. The first-order valence-electron chi connectivity index (χ1n) is 12.7. The highest BCUT2D eigenvalue weighted by molar-refractivity contribution is 7.16. The molecule has 1 aliphatic rings. The molecule has 2 aromatic carbocycles. The van der Waals surface area contributed by atoms with Crippen LogP contribution >= 0.6 is 11.3 Å². The maximum Gasteiger partial charge on any atom is 0.416 e. The van der Waals surface area contributed by atoms with Gasteiger partial charge in [0.2, 0.25) is 5.75 Å². The Labute approximate surface area is 234 Å². The molecule has 0 fully saturated rings. The lowest BCUT2D eigenvalue weighted by atomic mass is 9.72. The van der Waals surface area contributed by atoms with Gasteiger partial charge in [-0.05, 0) is 79.0 Å². The summed E-state index contributed by atoms with van der Waals surface area (Å²) in [6.45, 7) is 8.70. The second-order valence-corrected chi connectivity index (χ2v) is 11.6. The van der Waals surface area contributed by atoms with E-state index in [1.54, 1.807) is 25.3 Å². The number of alkyl halides is 3. The van der Waals surface area contributed by atoms with Crippen LogP contribution in [0, 0.1) is 32.8 Å². The summed E-state index contributed by atoms with van der Waals surface area (Å²) in [5, 5.41) is 21.9. The monoisotopic (exact) mass is 571 g/mol. The first-order valence-corrected chi connectivity index (χ1v) is 13.5. The Morgan fingerprint density at radius 3 is 2.52 bits per heavy atom. The molecular weight excluding hydrogens is 543 g/mol. The molecule has 4 rings (SSSR count). The fraction of sp³-hybridized carbons (Fsp3) is 0.379. The number of hydrogen-bond donors (Lipinski definition) is 0. The number of ether oxygens (including phenoxy) is 2. The largest absolute Gasteiger partial charge is 0.490 e. The van der Waals surface area contributed by atoms with Crippen molar-refractivity contribution in [1.82, 2.24) is 0 Å². The van der Waals surface area contributed by atoms with Crippen molar-refractivity contribution in [3.63, 3.8) is 0 Å². The number of halogens is 3. The second-order valence-electron chi connectivity index (χ2n) is 10.5. The van der Waals surface area contributed by atoms with E-state index in [2.05, 4.69) is 31.8 Å². The van der Waals surface area contributed by atoms with Gasteiger partial charge in [0.25, 0.3) is 0 Å². The minimum Gasteiger partial charge on any atom is -0.490 e. The van der Waals surface area contributed by atoms with Gasteiger partial charge in [-0.15, -0.1) is 11.3 Å². The van der Waals surface area contributed by atoms with Gasteiger partial charge in [-0.1, -0.05) is 20.8 Å². The number of nitro groups is 1. The van der Waals surface area contributed by atoms with Crippen LogP contribution in [0.2, 0.25) is 0 Å². The molecule has 210 valence electrons. The van der Waals surface area contributed by atoms with Crippen LogP contribution in [0.3, 0.4) is 0 Å². The first kappa shape index (κ1) is 29.1. The van der Waals surface area contributed by atoms with Crippen LogP contribution in [0.1, 0.15) is 61.2 Å². The summed E-state index contributed by atoms with van der Waals surface area (Å²) in [4.78, 5) is 16.3. The lowest BCUT2D eigenvalue weighted by Crippen LogP contribution is -2.26. The molecule has 1 atom stereocenters. The molecule has 0 radical (unpaired) electrons. The van der Waals surface area contributed by atoms with E-state index in [0.29, 0.717) is 28.1 Å². The molecule has 0 N–H and O–H groups in total. The Hall–Kier alpha value is -3.91. The van der Waals surface area contributed by atoms with Gasteiger partial charge in [-0.2, -0.15) is 18.4 Å². The third-order valence-electron chi connectivity index (χ3n) is 6.88. The third-order valence-corrected chi connectivity index (χ3v) is 8.05. The van der Waals surface area contributed by atoms with Crippen molar-refractivity contribution in [2.24, 2.45) is 16.3 Å². The van der Waals surface area contributed by atoms with Crippen LogP contribution in [0.15, 0.2) is 41.4 Å². The third kappa shape index (κ3) is 6.28. The van der Waals surface area contributed by atoms with E-state index in [1.165, 1.54) is 22.3 Å². The number of aliphatic imine (C=N–C) groups is 1. The Balaban J connectivity index is 1.62. The molecule has 1 aliphatic carbocycles. The van der Waals surface area contributed by atoms with Crippen molar-refractivity contribution in [2.45, 2.75) is 53.1 Å². The van der Waals surface area contributed by atoms with E-state index in [0.717, 1.165) is 37.0 Å². The maximum atomic E-state index is 13.1. The molecule has 7 nitrogen and oxygen atoms in total. The Morgan fingerprint density at radius 1 is 1.18 bits per heavy atom. The number of hydrogen-bond acceptors (Lipinski definition) is 7. The van der Waals surface area contributed by atoms with Crippen LogP contribution in [0.25, 0.3) is 0 Å². The van der Waals surface area contributed by atoms with E-state index in [4.69, 9.17) is 9.47 Å². The molecule has 0 bridgehead atoms. The number of thiophene rings is 1. The van der Waals surface area contributed by atoms with E-state index < -0.39 is 22.4 Å². The molecule has 1 aromatic heterocycles. The van der Waals surface area contributed by atoms with Crippen LogP contribution in [-0.4, -0.2) is 17.7 Å². The Bertz CT molecular complexity index is 1500. The number of nitro benzene ring substituents is 1. The van der Waals surface area contributed by atoms with E-state index in [-0.39, 0.29) is 29.3 Å². The molecule has 0 aliphatic heterocycles. The predicted molar refractivity (Wildman–Crippen MR) is 147 cm³/mol. The van der Waals surface area contributed by atoms with Gasteiger partial charge in [0.1, 0.15) is 11.1 Å². The SMILES string of the molecule is CCOc1cc(C=Nc2sc3c(c2C#N)CC[C@H](C(C)(C)C)C3)ccc1Oc1ccc(C(F)(F)F)cc1[N+](=O)[O-]. The quantitative estimate of drug-likeness (QED) is 0.161. The standard InChI is InChI=1S/C29H28F3N3O4S/c1-5-38-25-12-17(6-10-24(25)39-23-11-8-19(29(30,31)32)13-22(23)35(36)37)16-34-27-21(15-33)20-9-7-18(28(2,3)4)14-26(20)40-27/h6,8,10-13,16,18H,5,7,9,14H2,1-4H3/t18-/m0/s1. The van der Waals surface area contributed by atoms with Gasteiger partial charge in [0.15, 0.2) is 11.5 Å². The van der Waals surface area contributed by atoms with Crippen LogP contribution in [0.5, 0.6) is 17.2 Å². The minimum absolute atomic E-state index is 0.0967.